The summed E-state index contributed by atoms with van der Waals surface area (Å²) in [7, 11) is 0. The zero-order valence-electron chi connectivity index (χ0n) is 40.6. The van der Waals surface area contributed by atoms with Crippen LogP contribution >= 0.6 is 0 Å². The zero-order valence-corrected chi connectivity index (χ0v) is 40.6. The molecule has 3 aromatic heterocycles. The minimum Gasteiger partial charge on any atom is -0.309 e. The molecule has 0 unspecified atom stereocenters. The van der Waals surface area contributed by atoms with Crippen LogP contribution in [0.1, 0.15) is 105 Å². The second-order valence-corrected chi connectivity index (χ2v) is 22.9. The van der Waals surface area contributed by atoms with Crippen molar-refractivity contribution in [2.75, 3.05) is 0 Å². The number of fused-ring (bicyclic) bond motifs is 12. The van der Waals surface area contributed by atoms with Crippen LogP contribution in [0, 0.1) is 0 Å². The maximum Gasteiger partial charge on any atom is 0.0979 e. The summed E-state index contributed by atoms with van der Waals surface area (Å²) in [6.45, 7) is 27.7. The number of hydrogen-bond acceptors (Lipinski definition) is 2. The minimum atomic E-state index is -0.00215. The minimum absolute atomic E-state index is 0.00215. The number of aromatic nitrogens is 4. The molecule has 0 amide bonds. The Balaban J connectivity index is 1.26. The van der Waals surface area contributed by atoms with E-state index in [1.54, 1.807) is 0 Å². The third kappa shape index (κ3) is 6.71. The van der Waals surface area contributed by atoms with Crippen LogP contribution in [0.15, 0.2) is 146 Å². The van der Waals surface area contributed by atoms with Crippen molar-refractivity contribution in [3.63, 3.8) is 0 Å². The number of benzene rings is 8. The summed E-state index contributed by atoms with van der Waals surface area (Å²) in [5.74, 6) is 0. The second-order valence-electron chi connectivity index (χ2n) is 22.9. The Morgan fingerprint density at radius 1 is 0.333 bits per heavy atom. The van der Waals surface area contributed by atoms with Gasteiger partial charge in [0.05, 0.1) is 45.0 Å². The number of nitrogens with zero attached hydrogens (tertiary/aromatic N) is 4. The zero-order chi connectivity index (χ0) is 46.2. The fourth-order valence-corrected chi connectivity index (χ4v) is 10.2. The Morgan fingerprint density at radius 2 is 0.667 bits per heavy atom. The molecule has 0 N–H and O–H groups in total. The van der Waals surface area contributed by atoms with Gasteiger partial charge in [-0.15, -0.1) is 0 Å². The summed E-state index contributed by atoms with van der Waals surface area (Å²) in [5.41, 5.74) is 15.8. The molecule has 0 aliphatic heterocycles. The molecule has 11 rings (SSSR count). The van der Waals surface area contributed by atoms with Crippen molar-refractivity contribution < 1.29 is 0 Å². The van der Waals surface area contributed by atoms with Crippen LogP contribution in [0.4, 0.5) is 0 Å². The van der Waals surface area contributed by atoms with Crippen molar-refractivity contribution in [2.45, 2.75) is 105 Å². The Morgan fingerprint density at radius 3 is 1.02 bits per heavy atom. The first-order valence-electron chi connectivity index (χ1n) is 23.6. The maximum absolute atomic E-state index is 5.59. The Labute approximate surface area is 388 Å². The van der Waals surface area contributed by atoms with E-state index in [2.05, 4.69) is 232 Å². The van der Waals surface area contributed by atoms with Crippen molar-refractivity contribution in [3.8, 4) is 22.6 Å². The molecule has 0 radical (unpaired) electrons. The summed E-state index contributed by atoms with van der Waals surface area (Å²) in [6, 6.07) is 52.7. The first-order valence-corrected chi connectivity index (χ1v) is 23.6. The van der Waals surface area contributed by atoms with Gasteiger partial charge < -0.3 is 9.13 Å². The average molecular weight is 861 g/mol. The van der Waals surface area contributed by atoms with Gasteiger partial charge in [-0.25, -0.2) is 4.98 Å². The molecule has 0 atom stereocenters. The monoisotopic (exact) mass is 860 g/mol. The Kier molecular flexibility index (Phi) is 9.11. The topological polar surface area (TPSA) is 35.6 Å². The molecule has 0 aliphatic carbocycles. The lowest BCUT2D eigenvalue weighted by molar-refractivity contribution is 0.590. The van der Waals surface area contributed by atoms with Crippen molar-refractivity contribution in [3.05, 3.63) is 168 Å². The maximum atomic E-state index is 5.59. The van der Waals surface area contributed by atoms with Gasteiger partial charge in [0.1, 0.15) is 0 Å². The van der Waals surface area contributed by atoms with Crippen LogP contribution < -0.4 is 0 Å². The van der Waals surface area contributed by atoms with Gasteiger partial charge in [-0.2, -0.15) is 0 Å². The molecule has 0 bridgehead atoms. The van der Waals surface area contributed by atoms with E-state index < -0.39 is 0 Å². The average Bonchev–Trinajstić information content (AvgIpc) is 3.79. The van der Waals surface area contributed by atoms with Crippen LogP contribution in [-0.2, 0) is 21.7 Å². The number of hydrogen-bond donors (Lipinski definition) is 0. The molecule has 4 heteroatoms. The third-order valence-corrected chi connectivity index (χ3v) is 14.1. The molecule has 66 heavy (non-hydrogen) atoms. The van der Waals surface area contributed by atoms with Gasteiger partial charge in [-0.1, -0.05) is 156 Å². The summed E-state index contributed by atoms with van der Waals surface area (Å²) in [5, 5.41) is 9.66. The normalized spacial score (nSPS) is 13.2. The van der Waals surface area contributed by atoms with E-state index in [0.717, 1.165) is 44.4 Å². The van der Waals surface area contributed by atoms with E-state index >= 15 is 0 Å². The van der Waals surface area contributed by atoms with Gasteiger partial charge in [-0.05, 0) is 121 Å². The highest BCUT2D eigenvalue weighted by Gasteiger charge is 2.25. The van der Waals surface area contributed by atoms with Gasteiger partial charge in [0.25, 0.3) is 0 Å². The molecule has 328 valence electrons. The summed E-state index contributed by atoms with van der Waals surface area (Å²) >= 11 is 0. The van der Waals surface area contributed by atoms with Crippen LogP contribution in [0.2, 0.25) is 0 Å². The fraction of sp³-hybridized carbons (Fsp3) is 0.258. The molecule has 8 aromatic carbocycles. The van der Waals surface area contributed by atoms with Gasteiger partial charge in [0.15, 0.2) is 0 Å². The summed E-state index contributed by atoms with van der Waals surface area (Å²) in [6.07, 6.45) is 1.99. The van der Waals surface area contributed by atoms with Crippen molar-refractivity contribution in [1.82, 2.24) is 19.1 Å². The van der Waals surface area contributed by atoms with E-state index in [0.29, 0.717) is 0 Å². The van der Waals surface area contributed by atoms with Crippen molar-refractivity contribution in [1.29, 1.82) is 0 Å². The largest absolute Gasteiger partial charge is 0.309 e. The predicted molar refractivity (Wildman–Crippen MR) is 283 cm³/mol. The molecule has 4 nitrogen and oxygen atoms in total. The molecule has 0 spiro atoms. The molecule has 3 heterocycles. The quantitative estimate of drug-likeness (QED) is 0.166. The van der Waals surface area contributed by atoms with E-state index in [9.17, 15) is 0 Å². The van der Waals surface area contributed by atoms with Crippen LogP contribution in [-0.4, -0.2) is 19.1 Å². The highest BCUT2D eigenvalue weighted by Crippen LogP contribution is 2.43. The second kappa shape index (κ2) is 14.4. The molecule has 0 saturated heterocycles. The lowest BCUT2D eigenvalue weighted by Crippen LogP contribution is -2.10. The van der Waals surface area contributed by atoms with Crippen LogP contribution in [0.25, 0.3) is 98.8 Å². The van der Waals surface area contributed by atoms with Gasteiger partial charge >= 0.3 is 0 Å². The van der Waals surface area contributed by atoms with Crippen molar-refractivity contribution >= 4 is 76.2 Å². The van der Waals surface area contributed by atoms with Crippen LogP contribution in [0.3, 0.4) is 0 Å². The summed E-state index contributed by atoms with van der Waals surface area (Å²) in [4.78, 5) is 10.9. The SMILES string of the molecule is CC(C)(C)c1ccc2c(c1)c1cc(C(C)(C)C)ccc1n2-c1cc(-c2cnc3c4ccccc4c4ccccc4c3n2)cc(-n2c3ccc(C(C)(C)C)cc3c3cc(C(C)(C)C)ccc32)c1. The van der Waals surface area contributed by atoms with Gasteiger partial charge in [0.2, 0.25) is 0 Å². The fourth-order valence-electron chi connectivity index (χ4n) is 10.2. The van der Waals surface area contributed by atoms with E-state index in [1.807, 2.05) is 6.20 Å². The molecular formula is C62H60N4. The van der Waals surface area contributed by atoms with E-state index in [4.69, 9.17) is 9.97 Å². The van der Waals surface area contributed by atoms with E-state index in [-0.39, 0.29) is 21.7 Å². The van der Waals surface area contributed by atoms with Crippen molar-refractivity contribution in [2.24, 2.45) is 0 Å². The van der Waals surface area contributed by atoms with E-state index in [1.165, 1.54) is 76.6 Å². The van der Waals surface area contributed by atoms with Gasteiger partial charge in [-0.3, -0.25) is 4.98 Å². The smallest absolute Gasteiger partial charge is 0.0979 e. The van der Waals surface area contributed by atoms with Crippen LogP contribution in [0.5, 0.6) is 0 Å². The molecule has 0 aliphatic rings. The first-order chi connectivity index (χ1) is 31.2. The molecular weight excluding hydrogens is 801 g/mol. The lowest BCUT2D eigenvalue weighted by atomic mass is 9.85. The molecule has 0 saturated carbocycles. The lowest BCUT2D eigenvalue weighted by Gasteiger charge is -2.20. The van der Waals surface area contributed by atoms with Gasteiger partial charge in [0, 0.05) is 49.3 Å². The standard InChI is InChI=1S/C62H60N4/c1-59(2,3)38-21-25-53-48(31-38)49-32-39(60(4,5)6)22-26-54(49)65(53)42-29-37(52-36-63-57-46-19-15-13-17-44(46)45-18-14-16-20-47(45)58(57)64-52)30-43(35-42)66-55-27-23-40(61(7,8)9)33-50(55)51-34-41(62(10,11)12)24-28-56(51)66/h13-36H,1-12H3. The number of rotatable bonds is 3. The Bertz CT molecular complexity index is 3440. The molecule has 0 fully saturated rings. The first kappa shape index (κ1) is 41.9. The third-order valence-electron chi connectivity index (χ3n) is 14.1. The highest BCUT2D eigenvalue weighted by molar-refractivity contribution is 6.23. The summed E-state index contributed by atoms with van der Waals surface area (Å²) < 4.78 is 4.97. The molecule has 11 aromatic rings. The highest BCUT2D eigenvalue weighted by atomic mass is 15.0. The predicted octanol–water partition coefficient (Wildman–Crippen LogP) is 17.0. The Hall–Kier alpha value is -6.78.